The van der Waals surface area contributed by atoms with E-state index in [9.17, 15) is 9.59 Å². The highest BCUT2D eigenvalue weighted by atomic mass is 16.5. The number of ether oxygens (including phenoxy) is 1. The molecule has 6 nitrogen and oxygen atoms in total. The van der Waals surface area contributed by atoms with Crippen LogP contribution in [-0.4, -0.2) is 42.5 Å². The molecule has 1 saturated heterocycles. The number of likely N-dealkylation sites (tertiary alicyclic amines) is 1. The van der Waals surface area contributed by atoms with Crippen molar-refractivity contribution in [3.05, 3.63) is 29.8 Å². The van der Waals surface area contributed by atoms with Crippen molar-refractivity contribution in [1.82, 2.24) is 10.2 Å². The van der Waals surface area contributed by atoms with E-state index in [1.165, 1.54) is 0 Å². The molecule has 0 spiro atoms. The SMILES string of the molecule is CCC(NC(=O)C1CCC(N)C1)c1ccccc1OCC(=O)N1CCCC1. The average Bonchev–Trinajstić information content (AvgIpc) is 3.36. The largest absolute Gasteiger partial charge is 0.483 e. The second kappa shape index (κ2) is 9.22. The Balaban J connectivity index is 1.63. The monoisotopic (exact) mass is 373 g/mol. The average molecular weight is 373 g/mol. The summed E-state index contributed by atoms with van der Waals surface area (Å²) in [4.78, 5) is 26.7. The van der Waals surface area contributed by atoms with Crippen molar-refractivity contribution in [1.29, 1.82) is 0 Å². The third-order valence-corrected chi connectivity index (χ3v) is 5.67. The van der Waals surface area contributed by atoms with Gasteiger partial charge in [0.1, 0.15) is 5.75 Å². The molecule has 27 heavy (non-hydrogen) atoms. The van der Waals surface area contributed by atoms with Crippen molar-refractivity contribution in [3.63, 3.8) is 0 Å². The summed E-state index contributed by atoms with van der Waals surface area (Å²) in [6, 6.07) is 7.66. The number of nitrogens with two attached hydrogens (primary N) is 1. The summed E-state index contributed by atoms with van der Waals surface area (Å²) in [6.07, 6.45) is 5.41. The van der Waals surface area contributed by atoms with Crippen molar-refractivity contribution in [3.8, 4) is 5.75 Å². The minimum atomic E-state index is -0.132. The molecule has 2 aliphatic rings. The lowest BCUT2D eigenvalue weighted by Crippen LogP contribution is -2.34. The lowest BCUT2D eigenvalue weighted by atomic mass is 10.0. The van der Waals surface area contributed by atoms with Crippen LogP contribution in [0.5, 0.6) is 5.75 Å². The van der Waals surface area contributed by atoms with E-state index in [0.717, 1.165) is 57.2 Å². The topological polar surface area (TPSA) is 84.7 Å². The van der Waals surface area contributed by atoms with Crippen LogP contribution in [0, 0.1) is 5.92 Å². The third-order valence-electron chi connectivity index (χ3n) is 5.67. The molecule has 1 saturated carbocycles. The van der Waals surface area contributed by atoms with Crippen LogP contribution < -0.4 is 15.8 Å². The number of benzene rings is 1. The maximum Gasteiger partial charge on any atom is 0.260 e. The van der Waals surface area contributed by atoms with Crippen LogP contribution >= 0.6 is 0 Å². The van der Waals surface area contributed by atoms with Gasteiger partial charge in [-0.2, -0.15) is 0 Å². The number of hydrogen-bond acceptors (Lipinski definition) is 4. The van der Waals surface area contributed by atoms with Crippen molar-refractivity contribution < 1.29 is 14.3 Å². The Labute approximate surface area is 161 Å². The predicted molar refractivity (Wildman–Crippen MR) is 104 cm³/mol. The number of rotatable bonds is 7. The fourth-order valence-electron chi connectivity index (χ4n) is 4.04. The van der Waals surface area contributed by atoms with Gasteiger partial charge in [0.05, 0.1) is 6.04 Å². The molecule has 1 aliphatic heterocycles. The van der Waals surface area contributed by atoms with Crippen molar-refractivity contribution in [2.45, 2.75) is 57.5 Å². The summed E-state index contributed by atoms with van der Waals surface area (Å²) in [5.41, 5.74) is 6.87. The van der Waals surface area contributed by atoms with Crippen LogP contribution in [0.3, 0.4) is 0 Å². The fraction of sp³-hybridized carbons (Fsp3) is 0.619. The quantitative estimate of drug-likeness (QED) is 0.768. The van der Waals surface area contributed by atoms with Gasteiger partial charge in [0.15, 0.2) is 6.61 Å². The van der Waals surface area contributed by atoms with E-state index in [2.05, 4.69) is 5.32 Å². The first-order valence-corrected chi connectivity index (χ1v) is 10.1. The van der Waals surface area contributed by atoms with Gasteiger partial charge in [-0.25, -0.2) is 0 Å². The maximum absolute atomic E-state index is 12.6. The van der Waals surface area contributed by atoms with E-state index >= 15 is 0 Å². The highest BCUT2D eigenvalue weighted by molar-refractivity contribution is 5.80. The number of amides is 2. The number of hydrogen-bond donors (Lipinski definition) is 2. The lowest BCUT2D eigenvalue weighted by molar-refractivity contribution is -0.132. The van der Waals surface area contributed by atoms with Gasteiger partial charge in [-0.15, -0.1) is 0 Å². The van der Waals surface area contributed by atoms with Crippen LogP contribution in [0.2, 0.25) is 0 Å². The molecule has 1 aromatic carbocycles. The lowest BCUT2D eigenvalue weighted by Gasteiger charge is -2.23. The van der Waals surface area contributed by atoms with E-state index < -0.39 is 0 Å². The third kappa shape index (κ3) is 5.01. The molecule has 3 unspecified atom stereocenters. The zero-order valence-electron chi connectivity index (χ0n) is 16.2. The fourth-order valence-corrected chi connectivity index (χ4v) is 4.04. The van der Waals surface area contributed by atoms with Crippen LogP contribution in [0.4, 0.5) is 0 Å². The zero-order chi connectivity index (χ0) is 19.2. The first-order chi connectivity index (χ1) is 13.1. The maximum atomic E-state index is 12.6. The molecule has 1 heterocycles. The van der Waals surface area contributed by atoms with Crippen molar-refractivity contribution in [2.24, 2.45) is 11.7 Å². The van der Waals surface area contributed by atoms with E-state index in [-0.39, 0.29) is 36.4 Å². The second-order valence-electron chi connectivity index (χ2n) is 7.65. The number of nitrogens with zero attached hydrogens (tertiary/aromatic N) is 1. The Bertz CT molecular complexity index is 658. The van der Waals surface area contributed by atoms with Crippen LogP contribution in [-0.2, 0) is 9.59 Å². The summed E-state index contributed by atoms with van der Waals surface area (Å²) < 4.78 is 5.86. The van der Waals surface area contributed by atoms with E-state index in [4.69, 9.17) is 10.5 Å². The molecule has 0 radical (unpaired) electrons. The normalized spacial score (nSPS) is 23.3. The summed E-state index contributed by atoms with van der Waals surface area (Å²) in [5.74, 6) is 0.760. The van der Waals surface area contributed by atoms with E-state index in [0.29, 0.717) is 5.75 Å². The van der Waals surface area contributed by atoms with E-state index in [1.807, 2.05) is 36.1 Å². The minimum absolute atomic E-state index is 0.00104. The summed E-state index contributed by atoms with van der Waals surface area (Å²) in [5, 5.41) is 3.16. The molecular weight excluding hydrogens is 342 g/mol. The molecule has 3 rings (SSSR count). The summed E-state index contributed by atoms with van der Waals surface area (Å²) >= 11 is 0. The van der Waals surface area contributed by atoms with Gasteiger partial charge < -0.3 is 20.7 Å². The van der Waals surface area contributed by atoms with Crippen LogP contribution in [0.25, 0.3) is 0 Å². The van der Waals surface area contributed by atoms with Gasteiger partial charge in [-0.1, -0.05) is 25.1 Å². The Morgan fingerprint density at radius 3 is 2.67 bits per heavy atom. The number of carbonyl (C=O) groups excluding carboxylic acids is 2. The zero-order valence-corrected chi connectivity index (χ0v) is 16.2. The molecule has 148 valence electrons. The standard InChI is InChI=1S/C21H31N3O3/c1-2-18(23-21(26)15-9-10-16(22)13-15)17-7-3-4-8-19(17)27-14-20(25)24-11-5-6-12-24/h3-4,7-8,15-16,18H,2,5-6,9-14,22H2,1H3,(H,23,26). The predicted octanol–water partition coefficient (Wildman–Crippen LogP) is 2.38. The molecule has 1 aromatic rings. The van der Waals surface area contributed by atoms with Gasteiger partial charge >= 0.3 is 0 Å². The Hall–Kier alpha value is -2.08. The smallest absolute Gasteiger partial charge is 0.260 e. The Morgan fingerprint density at radius 1 is 1.26 bits per heavy atom. The molecule has 1 aliphatic carbocycles. The molecule has 0 bridgehead atoms. The minimum Gasteiger partial charge on any atom is -0.483 e. The first kappa shape index (κ1) is 19.7. The molecule has 3 N–H and O–H groups in total. The second-order valence-corrected chi connectivity index (χ2v) is 7.65. The van der Waals surface area contributed by atoms with Gasteiger partial charge in [-0.3, -0.25) is 9.59 Å². The van der Waals surface area contributed by atoms with Crippen LogP contribution in [0.15, 0.2) is 24.3 Å². The highest BCUT2D eigenvalue weighted by Gasteiger charge is 2.29. The van der Waals surface area contributed by atoms with Crippen molar-refractivity contribution >= 4 is 11.8 Å². The highest BCUT2D eigenvalue weighted by Crippen LogP contribution is 2.30. The summed E-state index contributed by atoms with van der Waals surface area (Å²) in [7, 11) is 0. The number of nitrogens with one attached hydrogen (secondary N) is 1. The van der Waals surface area contributed by atoms with E-state index in [1.54, 1.807) is 0 Å². The van der Waals surface area contributed by atoms with Gasteiger partial charge in [0, 0.05) is 30.6 Å². The molecular formula is C21H31N3O3. The van der Waals surface area contributed by atoms with Crippen molar-refractivity contribution in [2.75, 3.05) is 19.7 Å². The molecule has 2 fully saturated rings. The molecule has 3 atom stereocenters. The molecule has 2 amide bonds. The Kier molecular flexibility index (Phi) is 6.72. The van der Waals surface area contributed by atoms with Gasteiger partial charge in [0.25, 0.3) is 5.91 Å². The molecule has 6 heteroatoms. The summed E-state index contributed by atoms with van der Waals surface area (Å²) in [6.45, 7) is 3.72. The van der Waals surface area contributed by atoms with Gasteiger partial charge in [-0.05, 0) is 44.6 Å². The van der Waals surface area contributed by atoms with Crippen LogP contribution in [0.1, 0.15) is 57.1 Å². The Morgan fingerprint density at radius 2 is 2.00 bits per heavy atom. The number of carbonyl (C=O) groups is 2. The number of para-hydroxylation sites is 1. The first-order valence-electron chi connectivity index (χ1n) is 10.1. The molecule has 0 aromatic heterocycles. The van der Waals surface area contributed by atoms with Gasteiger partial charge in [0.2, 0.25) is 5.91 Å².